The molecule has 3 heteroatoms. The maximum atomic E-state index is 6.07. The third kappa shape index (κ3) is 4.97. The molecule has 0 fully saturated rings. The van der Waals surface area contributed by atoms with Crippen molar-refractivity contribution in [2.75, 3.05) is 6.54 Å². The van der Waals surface area contributed by atoms with Gasteiger partial charge in [-0.05, 0) is 37.1 Å². The first kappa shape index (κ1) is 14.3. The SMILES string of the molecule is CCc1cc(OC(C)CNC(C)C)ccc1Cl. The van der Waals surface area contributed by atoms with E-state index < -0.39 is 0 Å². The zero-order valence-corrected chi connectivity index (χ0v) is 11.8. The van der Waals surface area contributed by atoms with Gasteiger partial charge in [-0.15, -0.1) is 0 Å². The van der Waals surface area contributed by atoms with E-state index in [-0.39, 0.29) is 6.10 Å². The molecule has 2 nitrogen and oxygen atoms in total. The highest BCUT2D eigenvalue weighted by Crippen LogP contribution is 2.23. The van der Waals surface area contributed by atoms with Crippen LogP contribution in [-0.2, 0) is 6.42 Å². The first-order valence-electron chi connectivity index (χ1n) is 6.21. The van der Waals surface area contributed by atoms with Crippen LogP contribution in [0.2, 0.25) is 5.02 Å². The van der Waals surface area contributed by atoms with Crippen molar-refractivity contribution >= 4 is 11.6 Å². The topological polar surface area (TPSA) is 21.3 Å². The third-order valence-electron chi connectivity index (χ3n) is 2.55. The molecule has 0 aromatic heterocycles. The fourth-order valence-corrected chi connectivity index (χ4v) is 1.82. The molecule has 0 aliphatic heterocycles. The highest BCUT2D eigenvalue weighted by atomic mass is 35.5. The highest BCUT2D eigenvalue weighted by Gasteiger charge is 2.06. The Morgan fingerprint density at radius 1 is 1.29 bits per heavy atom. The molecule has 0 radical (unpaired) electrons. The normalized spacial score (nSPS) is 12.8. The minimum Gasteiger partial charge on any atom is -0.489 e. The van der Waals surface area contributed by atoms with E-state index in [1.807, 2.05) is 18.2 Å². The minimum absolute atomic E-state index is 0.156. The van der Waals surface area contributed by atoms with E-state index in [4.69, 9.17) is 16.3 Å². The molecular weight excluding hydrogens is 234 g/mol. The smallest absolute Gasteiger partial charge is 0.120 e. The fourth-order valence-electron chi connectivity index (χ4n) is 1.57. The average Bonchev–Trinajstić information content (AvgIpc) is 2.29. The summed E-state index contributed by atoms with van der Waals surface area (Å²) in [4.78, 5) is 0. The summed E-state index contributed by atoms with van der Waals surface area (Å²) in [5, 5.41) is 4.17. The van der Waals surface area contributed by atoms with Gasteiger partial charge in [-0.3, -0.25) is 0 Å². The van der Waals surface area contributed by atoms with Crippen LogP contribution in [0.5, 0.6) is 5.75 Å². The van der Waals surface area contributed by atoms with Crippen molar-refractivity contribution in [2.24, 2.45) is 0 Å². The lowest BCUT2D eigenvalue weighted by Gasteiger charge is -2.17. The highest BCUT2D eigenvalue weighted by molar-refractivity contribution is 6.31. The fraction of sp³-hybridized carbons (Fsp3) is 0.571. The van der Waals surface area contributed by atoms with Crippen LogP contribution in [0.1, 0.15) is 33.3 Å². The Morgan fingerprint density at radius 2 is 2.00 bits per heavy atom. The first-order chi connectivity index (χ1) is 8.02. The zero-order valence-electron chi connectivity index (χ0n) is 11.1. The van der Waals surface area contributed by atoms with Crippen molar-refractivity contribution in [3.63, 3.8) is 0 Å². The van der Waals surface area contributed by atoms with Crippen LogP contribution in [0.15, 0.2) is 18.2 Å². The molecule has 0 amide bonds. The van der Waals surface area contributed by atoms with Crippen LogP contribution < -0.4 is 10.1 Å². The third-order valence-corrected chi connectivity index (χ3v) is 2.92. The number of rotatable bonds is 6. The summed E-state index contributed by atoms with van der Waals surface area (Å²) in [6.45, 7) is 9.26. The van der Waals surface area contributed by atoms with E-state index in [0.717, 1.165) is 29.3 Å². The lowest BCUT2D eigenvalue weighted by Crippen LogP contribution is -2.33. The van der Waals surface area contributed by atoms with Crippen molar-refractivity contribution in [3.05, 3.63) is 28.8 Å². The monoisotopic (exact) mass is 255 g/mol. The van der Waals surface area contributed by atoms with E-state index in [1.165, 1.54) is 0 Å². The summed E-state index contributed by atoms with van der Waals surface area (Å²) in [6.07, 6.45) is 1.08. The molecule has 0 saturated heterocycles. The van der Waals surface area contributed by atoms with Crippen molar-refractivity contribution < 1.29 is 4.74 Å². The van der Waals surface area contributed by atoms with Gasteiger partial charge in [0.2, 0.25) is 0 Å². The molecule has 0 aliphatic carbocycles. The van der Waals surface area contributed by atoms with Gasteiger partial charge in [0.15, 0.2) is 0 Å². The Kier molecular flexibility index (Phi) is 5.79. The van der Waals surface area contributed by atoms with E-state index in [1.54, 1.807) is 0 Å². The second-order valence-electron chi connectivity index (χ2n) is 4.60. The predicted octanol–water partition coefficient (Wildman–Crippen LogP) is 3.67. The van der Waals surface area contributed by atoms with Crippen molar-refractivity contribution in [3.8, 4) is 5.75 Å². The zero-order chi connectivity index (χ0) is 12.8. The van der Waals surface area contributed by atoms with Gasteiger partial charge >= 0.3 is 0 Å². The summed E-state index contributed by atoms with van der Waals surface area (Å²) in [7, 11) is 0. The summed E-state index contributed by atoms with van der Waals surface area (Å²) in [6, 6.07) is 6.33. The molecule has 0 saturated carbocycles. The van der Waals surface area contributed by atoms with Gasteiger partial charge in [0.1, 0.15) is 11.9 Å². The maximum Gasteiger partial charge on any atom is 0.120 e. The molecule has 1 atom stereocenters. The second kappa shape index (κ2) is 6.87. The molecule has 1 rings (SSSR count). The summed E-state index contributed by atoms with van der Waals surface area (Å²) >= 11 is 6.07. The van der Waals surface area contributed by atoms with Gasteiger partial charge in [0.05, 0.1) is 0 Å². The lowest BCUT2D eigenvalue weighted by atomic mass is 10.1. The molecule has 1 aromatic rings. The van der Waals surface area contributed by atoms with Crippen LogP contribution in [0.4, 0.5) is 0 Å². The van der Waals surface area contributed by atoms with Gasteiger partial charge < -0.3 is 10.1 Å². The van der Waals surface area contributed by atoms with Crippen LogP contribution in [-0.4, -0.2) is 18.7 Å². The van der Waals surface area contributed by atoms with E-state index in [0.29, 0.717) is 6.04 Å². The van der Waals surface area contributed by atoms with E-state index >= 15 is 0 Å². The Hall–Kier alpha value is -0.730. The Balaban J connectivity index is 2.56. The number of halogens is 1. The molecular formula is C14H22ClNO. The standard InChI is InChI=1S/C14H22ClNO/c1-5-12-8-13(6-7-14(12)15)17-11(4)9-16-10(2)3/h6-8,10-11,16H,5,9H2,1-4H3. The molecule has 1 N–H and O–H groups in total. The second-order valence-corrected chi connectivity index (χ2v) is 5.01. The van der Waals surface area contributed by atoms with Gasteiger partial charge in [-0.2, -0.15) is 0 Å². The molecule has 17 heavy (non-hydrogen) atoms. The van der Waals surface area contributed by atoms with Crippen molar-refractivity contribution in [1.82, 2.24) is 5.32 Å². The summed E-state index contributed by atoms with van der Waals surface area (Å²) < 4.78 is 5.84. The van der Waals surface area contributed by atoms with Gasteiger partial charge in [0, 0.05) is 17.6 Å². The summed E-state index contributed by atoms with van der Waals surface area (Å²) in [5.74, 6) is 0.893. The number of benzene rings is 1. The quantitative estimate of drug-likeness (QED) is 0.838. The maximum absolute atomic E-state index is 6.07. The van der Waals surface area contributed by atoms with Gasteiger partial charge in [-0.25, -0.2) is 0 Å². The summed E-state index contributed by atoms with van der Waals surface area (Å²) in [5.41, 5.74) is 1.13. The van der Waals surface area contributed by atoms with Crippen LogP contribution in [0.25, 0.3) is 0 Å². The van der Waals surface area contributed by atoms with Crippen LogP contribution in [0.3, 0.4) is 0 Å². The molecule has 1 aromatic carbocycles. The first-order valence-corrected chi connectivity index (χ1v) is 6.59. The Morgan fingerprint density at radius 3 is 2.59 bits per heavy atom. The lowest BCUT2D eigenvalue weighted by molar-refractivity contribution is 0.213. The molecule has 0 bridgehead atoms. The number of aryl methyl sites for hydroxylation is 1. The van der Waals surface area contributed by atoms with Crippen LogP contribution >= 0.6 is 11.6 Å². The Bertz CT molecular complexity index is 352. The van der Waals surface area contributed by atoms with Gasteiger partial charge in [0.25, 0.3) is 0 Å². The van der Waals surface area contributed by atoms with Gasteiger partial charge in [-0.1, -0.05) is 32.4 Å². The van der Waals surface area contributed by atoms with E-state index in [9.17, 15) is 0 Å². The Labute approximate surface area is 109 Å². The van der Waals surface area contributed by atoms with Crippen LogP contribution in [0, 0.1) is 0 Å². The van der Waals surface area contributed by atoms with Crippen molar-refractivity contribution in [1.29, 1.82) is 0 Å². The molecule has 0 aliphatic rings. The molecule has 0 heterocycles. The predicted molar refractivity (Wildman–Crippen MR) is 74.1 cm³/mol. The molecule has 96 valence electrons. The molecule has 1 unspecified atom stereocenters. The number of hydrogen-bond acceptors (Lipinski definition) is 2. The number of ether oxygens (including phenoxy) is 1. The number of nitrogens with one attached hydrogen (secondary N) is 1. The minimum atomic E-state index is 0.156. The largest absolute Gasteiger partial charge is 0.489 e. The van der Waals surface area contributed by atoms with Crippen molar-refractivity contribution in [2.45, 2.75) is 46.3 Å². The molecule has 0 spiro atoms. The van der Waals surface area contributed by atoms with E-state index in [2.05, 4.69) is 33.0 Å². The number of hydrogen-bond donors (Lipinski definition) is 1. The average molecular weight is 256 g/mol.